The first-order chi connectivity index (χ1) is 10.1. The van der Waals surface area contributed by atoms with Gasteiger partial charge < -0.3 is 10.2 Å². The summed E-state index contributed by atoms with van der Waals surface area (Å²) >= 11 is 0. The third-order valence-corrected chi connectivity index (χ3v) is 3.54. The number of benzene rings is 2. The number of nitrogens with zero attached hydrogens (tertiary/aromatic N) is 1. The van der Waals surface area contributed by atoms with Gasteiger partial charge in [0.25, 0.3) is 5.91 Å². The van der Waals surface area contributed by atoms with Gasteiger partial charge in [0.1, 0.15) is 0 Å². The van der Waals surface area contributed by atoms with Crippen molar-refractivity contribution in [1.82, 2.24) is 10.2 Å². The summed E-state index contributed by atoms with van der Waals surface area (Å²) in [5.74, 6) is -0.107. The van der Waals surface area contributed by atoms with Gasteiger partial charge in [0, 0.05) is 32.1 Å². The highest BCUT2D eigenvalue weighted by atomic mass is 16.2. The van der Waals surface area contributed by atoms with Gasteiger partial charge in [-0.25, -0.2) is 0 Å². The van der Waals surface area contributed by atoms with E-state index in [-0.39, 0.29) is 11.8 Å². The molecular formula is C17H20N2O2. The summed E-state index contributed by atoms with van der Waals surface area (Å²) in [6, 6.07) is 13.5. The van der Waals surface area contributed by atoms with Crippen molar-refractivity contribution in [2.24, 2.45) is 0 Å². The molecule has 0 fully saturated rings. The van der Waals surface area contributed by atoms with E-state index in [0.29, 0.717) is 25.1 Å². The molecule has 0 saturated heterocycles. The molecule has 2 amide bonds. The number of hydrogen-bond donors (Lipinski definition) is 1. The summed E-state index contributed by atoms with van der Waals surface area (Å²) in [5, 5.41) is 4.93. The Labute approximate surface area is 124 Å². The maximum absolute atomic E-state index is 12.1. The fraction of sp³-hybridized carbons (Fsp3) is 0.294. The van der Waals surface area contributed by atoms with Crippen LogP contribution in [0.5, 0.6) is 0 Å². The Morgan fingerprint density at radius 3 is 2.52 bits per heavy atom. The third-order valence-electron chi connectivity index (χ3n) is 3.54. The van der Waals surface area contributed by atoms with Crippen LogP contribution < -0.4 is 5.32 Å². The van der Waals surface area contributed by atoms with Crippen molar-refractivity contribution < 1.29 is 9.59 Å². The number of rotatable bonds is 5. The van der Waals surface area contributed by atoms with E-state index in [4.69, 9.17) is 0 Å². The molecule has 0 unspecified atom stereocenters. The van der Waals surface area contributed by atoms with Crippen molar-refractivity contribution in [3.63, 3.8) is 0 Å². The number of carbonyl (C=O) groups is 2. The molecule has 2 rings (SSSR count). The zero-order valence-corrected chi connectivity index (χ0v) is 12.4. The van der Waals surface area contributed by atoms with Gasteiger partial charge in [0.2, 0.25) is 5.91 Å². The van der Waals surface area contributed by atoms with Gasteiger partial charge in [-0.15, -0.1) is 0 Å². The summed E-state index contributed by atoms with van der Waals surface area (Å²) < 4.78 is 0. The van der Waals surface area contributed by atoms with Crippen LogP contribution in [0, 0.1) is 0 Å². The van der Waals surface area contributed by atoms with Crippen LogP contribution in [-0.2, 0) is 4.79 Å². The van der Waals surface area contributed by atoms with Crippen LogP contribution in [0.25, 0.3) is 10.8 Å². The highest BCUT2D eigenvalue weighted by Gasteiger charge is 2.09. The Morgan fingerprint density at radius 2 is 1.81 bits per heavy atom. The van der Waals surface area contributed by atoms with Gasteiger partial charge in [-0.1, -0.05) is 30.3 Å². The molecule has 110 valence electrons. The van der Waals surface area contributed by atoms with Crippen molar-refractivity contribution in [3.05, 3.63) is 48.0 Å². The Morgan fingerprint density at radius 1 is 1.10 bits per heavy atom. The standard InChI is InChI=1S/C17H20N2O2/c1-3-19(2)16(20)10-11-18-17(21)15-9-8-13-6-4-5-7-14(13)12-15/h4-9,12H,3,10-11H2,1-2H3,(H,18,21). The molecule has 0 heterocycles. The van der Waals surface area contributed by atoms with Crippen LogP contribution >= 0.6 is 0 Å². The summed E-state index contributed by atoms with van der Waals surface area (Å²) in [6.07, 6.45) is 0.323. The molecule has 0 radical (unpaired) electrons. The first-order valence-corrected chi connectivity index (χ1v) is 7.12. The van der Waals surface area contributed by atoms with Crippen molar-refractivity contribution >= 4 is 22.6 Å². The van der Waals surface area contributed by atoms with Crippen LogP contribution in [-0.4, -0.2) is 36.9 Å². The van der Waals surface area contributed by atoms with Gasteiger partial charge in [-0.3, -0.25) is 9.59 Å². The second-order valence-electron chi connectivity index (χ2n) is 4.98. The SMILES string of the molecule is CCN(C)C(=O)CCNC(=O)c1ccc2ccccc2c1. The van der Waals surface area contributed by atoms with Gasteiger partial charge in [0.05, 0.1) is 0 Å². The second-order valence-corrected chi connectivity index (χ2v) is 4.98. The van der Waals surface area contributed by atoms with Gasteiger partial charge in [-0.05, 0) is 29.8 Å². The minimum Gasteiger partial charge on any atom is -0.352 e. The van der Waals surface area contributed by atoms with Crippen molar-refractivity contribution in [2.45, 2.75) is 13.3 Å². The predicted octanol–water partition coefficient (Wildman–Crippen LogP) is 2.44. The number of nitrogens with one attached hydrogen (secondary N) is 1. The fourth-order valence-electron chi connectivity index (χ4n) is 2.08. The Hall–Kier alpha value is -2.36. The Balaban J connectivity index is 1.94. The number of hydrogen-bond acceptors (Lipinski definition) is 2. The molecule has 2 aromatic rings. The van der Waals surface area contributed by atoms with E-state index in [1.54, 1.807) is 18.0 Å². The molecule has 21 heavy (non-hydrogen) atoms. The number of carbonyl (C=O) groups excluding carboxylic acids is 2. The molecule has 4 nitrogen and oxygen atoms in total. The zero-order chi connectivity index (χ0) is 15.2. The lowest BCUT2D eigenvalue weighted by Crippen LogP contribution is -2.31. The molecule has 0 bridgehead atoms. The van der Waals surface area contributed by atoms with E-state index in [1.807, 2.05) is 43.3 Å². The molecule has 0 aliphatic rings. The molecular weight excluding hydrogens is 264 g/mol. The molecule has 0 atom stereocenters. The summed E-state index contributed by atoms with van der Waals surface area (Å²) in [7, 11) is 1.76. The maximum atomic E-state index is 12.1. The lowest BCUT2D eigenvalue weighted by atomic mass is 10.1. The van der Waals surface area contributed by atoms with E-state index >= 15 is 0 Å². The summed E-state index contributed by atoms with van der Waals surface area (Å²) in [5.41, 5.74) is 0.616. The van der Waals surface area contributed by atoms with Crippen LogP contribution in [0.3, 0.4) is 0 Å². The second kappa shape index (κ2) is 6.88. The highest BCUT2D eigenvalue weighted by Crippen LogP contribution is 2.15. The minimum atomic E-state index is -0.146. The first-order valence-electron chi connectivity index (χ1n) is 7.12. The van der Waals surface area contributed by atoms with Crippen molar-refractivity contribution in [3.8, 4) is 0 Å². The van der Waals surface area contributed by atoms with Gasteiger partial charge in [-0.2, -0.15) is 0 Å². The van der Waals surface area contributed by atoms with E-state index in [0.717, 1.165) is 10.8 Å². The number of amides is 2. The van der Waals surface area contributed by atoms with Gasteiger partial charge in [0.15, 0.2) is 0 Å². The molecule has 0 aromatic heterocycles. The van der Waals surface area contributed by atoms with Crippen molar-refractivity contribution in [1.29, 1.82) is 0 Å². The zero-order valence-electron chi connectivity index (χ0n) is 12.4. The molecule has 0 spiro atoms. The van der Waals surface area contributed by atoms with Crippen LogP contribution in [0.4, 0.5) is 0 Å². The van der Waals surface area contributed by atoms with E-state index in [1.165, 1.54) is 0 Å². The average molecular weight is 284 g/mol. The average Bonchev–Trinajstić information content (AvgIpc) is 2.53. The quantitative estimate of drug-likeness (QED) is 0.916. The fourth-order valence-corrected chi connectivity index (χ4v) is 2.08. The molecule has 0 aliphatic carbocycles. The Kier molecular flexibility index (Phi) is 4.93. The first kappa shape index (κ1) is 15.0. The minimum absolute atomic E-state index is 0.0383. The summed E-state index contributed by atoms with van der Waals surface area (Å²) in [4.78, 5) is 25.4. The maximum Gasteiger partial charge on any atom is 0.251 e. The van der Waals surface area contributed by atoms with Gasteiger partial charge >= 0.3 is 0 Å². The lowest BCUT2D eigenvalue weighted by molar-refractivity contribution is -0.129. The molecule has 0 saturated carbocycles. The smallest absolute Gasteiger partial charge is 0.251 e. The summed E-state index contributed by atoms with van der Waals surface area (Å²) in [6.45, 7) is 2.96. The van der Waals surface area contributed by atoms with E-state index < -0.39 is 0 Å². The molecule has 1 N–H and O–H groups in total. The van der Waals surface area contributed by atoms with Crippen molar-refractivity contribution in [2.75, 3.05) is 20.1 Å². The number of fused-ring (bicyclic) bond motifs is 1. The highest BCUT2D eigenvalue weighted by molar-refractivity contribution is 5.98. The normalized spacial score (nSPS) is 10.4. The molecule has 2 aromatic carbocycles. The third kappa shape index (κ3) is 3.81. The molecule has 0 aliphatic heterocycles. The predicted molar refractivity (Wildman–Crippen MR) is 84.2 cm³/mol. The largest absolute Gasteiger partial charge is 0.352 e. The Bertz CT molecular complexity index is 652. The molecule has 4 heteroatoms. The lowest BCUT2D eigenvalue weighted by Gasteiger charge is -2.14. The van der Waals surface area contributed by atoms with Crippen LogP contribution in [0.2, 0.25) is 0 Å². The topological polar surface area (TPSA) is 49.4 Å². The van der Waals surface area contributed by atoms with Crippen LogP contribution in [0.1, 0.15) is 23.7 Å². The van der Waals surface area contributed by atoms with E-state index in [2.05, 4.69) is 5.32 Å². The monoisotopic (exact) mass is 284 g/mol. The van der Waals surface area contributed by atoms with E-state index in [9.17, 15) is 9.59 Å². The van der Waals surface area contributed by atoms with Crippen LogP contribution in [0.15, 0.2) is 42.5 Å².